The molecule has 0 spiro atoms. The van der Waals surface area contributed by atoms with Gasteiger partial charge < -0.3 is 29.0 Å². The van der Waals surface area contributed by atoms with Gasteiger partial charge in [0, 0.05) is 5.33 Å². The molecule has 192 valence electrons. The number of carbonyl (C=O) groups excluding carboxylic acids is 2. The first-order chi connectivity index (χ1) is 16.7. The molecule has 0 heterocycles. The van der Waals surface area contributed by atoms with Gasteiger partial charge in [-0.15, -0.1) is 0 Å². The Bertz CT molecular complexity index is 992. The van der Waals surface area contributed by atoms with Gasteiger partial charge in [0.05, 0.1) is 45.4 Å². The predicted octanol–water partition coefficient (Wildman–Crippen LogP) is 5.08. The highest BCUT2D eigenvalue weighted by Gasteiger charge is 2.18. The average molecular weight is 553 g/mol. The van der Waals surface area contributed by atoms with Crippen molar-refractivity contribution < 1.29 is 33.3 Å². The van der Waals surface area contributed by atoms with E-state index >= 15 is 0 Å². The van der Waals surface area contributed by atoms with Gasteiger partial charge in [0.2, 0.25) is 5.91 Å². The molecule has 2 aromatic carbocycles. The Morgan fingerprint density at radius 1 is 0.829 bits per heavy atom. The van der Waals surface area contributed by atoms with Crippen LogP contribution in [0.4, 0.5) is 16.2 Å². The van der Waals surface area contributed by atoms with Gasteiger partial charge in [0.25, 0.3) is 0 Å². The van der Waals surface area contributed by atoms with E-state index in [0.717, 1.165) is 16.5 Å². The predicted molar refractivity (Wildman–Crippen MR) is 139 cm³/mol. The molecule has 2 N–H and O–H groups in total. The van der Waals surface area contributed by atoms with Crippen molar-refractivity contribution in [2.75, 3.05) is 56.6 Å². The Morgan fingerprint density at radius 2 is 1.37 bits per heavy atom. The van der Waals surface area contributed by atoms with Gasteiger partial charge in [-0.1, -0.05) is 28.1 Å². The zero-order valence-corrected chi connectivity index (χ0v) is 22.3. The van der Waals surface area contributed by atoms with Crippen LogP contribution in [0.1, 0.15) is 20.8 Å². The summed E-state index contributed by atoms with van der Waals surface area (Å²) in [5.74, 6) is 0.671. The van der Waals surface area contributed by atoms with Crippen LogP contribution >= 0.6 is 15.9 Å². The topological polar surface area (TPSA) is 104 Å². The van der Waals surface area contributed by atoms with Crippen molar-refractivity contribution in [1.29, 1.82) is 0 Å². The zero-order valence-electron chi connectivity index (χ0n) is 20.7. The number of halogens is 1. The number of carbonyl (C=O) groups is 2. The molecule has 0 aromatic heterocycles. The molecule has 0 radical (unpaired) electrons. The molecule has 0 bridgehead atoms. The third-order valence-corrected chi connectivity index (χ3v) is 4.80. The van der Waals surface area contributed by atoms with Crippen LogP contribution in [0.3, 0.4) is 0 Å². The van der Waals surface area contributed by atoms with Gasteiger partial charge in [-0.05, 0) is 56.2 Å². The number of nitrogens with one attached hydrogen (secondary N) is 2. The second-order valence-corrected chi connectivity index (χ2v) is 9.15. The lowest BCUT2D eigenvalue weighted by Gasteiger charge is -2.20. The third kappa shape index (κ3) is 9.75. The molecular weight excluding hydrogens is 520 g/mol. The first-order valence-electron chi connectivity index (χ1n) is 11.0. The maximum Gasteiger partial charge on any atom is 0.412 e. The lowest BCUT2D eigenvalue weighted by Crippen LogP contribution is -2.27. The highest BCUT2D eigenvalue weighted by molar-refractivity contribution is 9.09. The number of methoxy groups -OCH3 is 2. The fourth-order valence-electron chi connectivity index (χ4n) is 2.99. The zero-order chi connectivity index (χ0) is 25.8. The lowest BCUT2D eigenvalue weighted by molar-refractivity contribution is -0.121. The molecule has 10 heteroatoms. The second kappa shape index (κ2) is 13.9. The van der Waals surface area contributed by atoms with Crippen LogP contribution in [0.5, 0.6) is 11.5 Å². The van der Waals surface area contributed by atoms with Crippen molar-refractivity contribution in [2.24, 2.45) is 0 Å². The van der Waals surface area contributed by atoms with E-state index in [-0.39, 0.29) is 12.5 Å². The van der Waals surface area contributed by atoms with E-state index in [2.05, 4.69) is 26.6 Å². The molecule has 2 rings (SSSR count). The summed E-state index contributed by atoms with van der Waals surface area (Å²) in [4.78, 5) is 24.3. The summed E-state index contributed by atoms with van der Waals surface area (Å²) in [5.41, 5.74) is 2.06. The van der Waals surface area contributed by atoms with Crippen molar-refractivity contribution in [3.05, 3.63) is 36.4 Å². The Hall–Kier alpha value is -2.82. The Morgan fingerprint density at radius 3 is 1.89 bits per heavy atom. The van der Waals surface area contributed by atoms with E-state index in [1.807, 2.05) is 12.1 Å². The monoisotopic (exact) mass is 552 g/mol. The summed E-state index contributed by atoms with van der Waals surface area (Å²) in [7, 11) is 3.05. The van der Waals surface area contributed by atoms with Crippen LogP contribution < -0.4 is 20.1 Å². The lowest BCUT2D eigenvalue weighted by atomic mass is 10.0. The molecular formula is C25H33BrN2O7. The molecule has 0 saturated carbocycles. The van der Waals surface area contributed by atoms with Crippen LogP contribution in [0.2, 0.25) is 0 Å². The van der Waals surface area contributed by atoms with Crippen molar-refractivity contribution in [3.63, 3.8) is 0 Å². The number of anilines is 2. The molecule has 0 atom stereocenters. The molecule has 0 saturated heterocycles. The maximum atomic E-state index is 12.2. The first-order valence-corrected chi connectivity index (χ1v) is 12.2. The van der Waals surface area contributed by atoms with Crippen LogP contribution in [0, 0.1) is 0 Å². The van der Waals surface area contributed by atoms with E-state index in [1.165, 1.54) is 14.2 Å². The summed E-state index contributed by atoms with van der Waals surface area (Å²) < 4.78 is 26.8. The Kier molecular flexibility index (Phi) is 11.3. The molecule has 9 nitrogen and oxygen atoms in total. The summed E-state index contributed by atoms with van der Waals surface area (Å²) in [6.45, 7) is 6.63. The van der Waals surface area contributed by atoms with Gasteiger partial charge in [-0.25, -0.2) is 4.79 Å². The largest absolute Gasteiger partial charge is 0.495 e. The molecule has 2 aromatic rings. The molecule has 2 amide bonds. The van der Waals surface area contributed by atoms with Gasteiger partial charge in [-0.3, -0.25) is 10.1 Å². The second-order valence-electron chi connectivity index (χ2n) is 8.36. The van der Waals surface area contributed by atoms with Crippen molar-refractivity contribution in [1.82, 2.24) is 0 Å². The quantitative estimate of drug-likeness (QED) is 0.279. The van der Waals surface area contributed by atoms with Crippen molar-refractivity contribution in [2.45, 2.75) is 26.4 Å². The van der Waals surface area contributed by atoms with E-state index in [9.17, 15) is 9.59 Å². The number of alkyl halides is 1. The summed E-state index contributed by atoms with van der Waals surface area (Å²) >= 11 is 3.27. The standard InChI is InChI=1S/C25H33BrN2O7/c1-25(2,3)35-24(30)28-20-9-7-18(15-22(20)32-5)17-6-8-19(21(14-17)31-4)27-23(29)16-34-13-12-33-11-10-26/h6-9,14-15H,10-13,16H2,1-5H3,(H,27,29)(H,28,30). The SMILES string of the molecule is COc1cc(-c2ccc(NC(=O)OC(C)(C)C)c(OC)c2)ccc1NC(=O)COCCOCCBr. The number of hydrogen-bond donors (Lipinski definition) is 2. The maximum absolute atomic E-state index is 12.2. The summed E-state index contributed by atoms with van der Waals surface area (Å²) in [6.07, 6.45) is -0.569. The molecule has 0 fully saturated rings. The fraction of sp³-hybridized carbons (Fsp3) is 0.440. The Labute approximate surface area is 214 Å². The fourth-order valence-corrected chi connectivity index (χ4v) is 3.22. The van der Waals surface area contributed by atoms with E-state index < -0.39 is 11.7 Å². The first kappa shape index (κ1) is 28.4. The number of rotatable bonds is 12. The summed E-state index contributed by atoms with van der Waals surface area (Å²) in [5, 5.41) is 6.24. The van der Waals surface area contributed by atoms with Crippen molar-refractivity contribution in [3.8, 4) is 22.6 Å². The number of hydrogen-bond acceptors (Lipinski definition) is 7. The average Bonchev–Trinajstić information content (AvgIpc) is 2.80. The van der Waals surface area contributed by atoms with Gasteiger partial charge in [0.15, 0.2) is 0 Å². The van der Waals surface area contributed by atoms with Crippen LogP contribution in [-0.4, -0.2) is 63.6 Å². The minimum atomic E-state index is -0.613. The highest BCUT2D eigenvalue weighted by atomic mass is 79.9. The number of benzene rings is 2. The van der Waals surface area contributed by atoms with Crippen LogP contribution in [0.15, 0.2) is 36.4 Å². The smallest absolute Gasteiger partial charge is 0.412 e. The molecule has 0 unspecified atom stereocenters. The number of amides is 2. The molecule has 35 heavy (non-hydrogen) atoms. The minimum absolute atomic E-state index is 0.0914. The Balaban J connectivity index is 2.07. The molecule has 0 aliphatic heterocycles. The highest BCUT2D eigenvalue weighted by Crippen LogP contribution is 2.35. The van der Waals surface area contributed by atoms with E-state index in [4.69, 9.17) is 23.7 Å². The molecule has 0 aliphatic rings. The van der Waals surface area contributed by atoms with Crippen LogP contribution in [-0.2, 0) is 19.0 Å². The summed E-state index contributed by atoms with van der Waals surface area (Å²) in [6, 6.07) is 10.8. The van der Waals surface area contributed by atoms with Gasteiger partial charge in [-0.2, -0.15) is 0 Å². The van der Waals surface area contributed by atoms with Crippen molar-refractivity contribution >= 4 is 39.3 Å². The van der Waals surface area contributed by atoms with E-state index in [1.54, 1.807) is 45.0 Å². The molecule has 0 aliphatic carbocycles. The van der Waals surface area contributed by atoms with E-state index in [0.29, 0.717) is 42.7 Å². The third-order valence-electron chi connectivity index (χ3n) is 4.47. The van der Waals surface area contributed by atoms with Gasteiger partial charge in [0.1, 0.15) is 23.7 Å². The number of ether oxygens (including phenoxy) is 5. The minimum Gasteiger partial charge on any atom is -0.495 e. The normalized spacial score (nSPS) is 11.0. The van der Waals surface area contributed by atoms with Crippen LogP contribution in [0.25, 0.3) is 11.1 Å². The van der Waals surface area contributed by atoms with Gasteiger partial charge >= 0.3 is 6.09 Å².